The molecular weight excluding hydrogens is 279 g/mol. The lowest BCUT2D eigenvalue weighted by Gasteiger charge is -2.12. The number of rotatable bonds is 4. The summed E-state index contributed by atoms with van der Waals surface area (Å²) in [6.07, 6.45) is 1.05. The highest BCUT2D eigenvalue weighted by Crippen LogP contribution is 2.18. The Morgan fingerprint density at radius 2 is 2.00 bits per heavy atom. The Balaban J connectivity index is 2.94. The molecule has 0 radical (unpaired) electrons. The van der Waals surface area contributed by atoms with Crippen molar-refractivity contribution in [2.24, 2.45) is 4.40 Å². The van der Waals surface area contributed by atoms with Crippen LogP contribution in [-0.2, 0) is 11.0 Å². The molecule has 0 heterocycles. The third-order valence-corrected chi connectivity index (χ3v) is 3.35. The maximum atomic E-state index is 13.4. The Kier molecular flexibility index (Phi) is 5.11. The molecule has 1 aromatic rings. The fourth-order valence-electron chi connectivity index (χ4n) is 1.06. The van der Waals surface area contributed by atoms with Crippen molar-refractivity contribution in [3.63, 3.8) is 0 Å². The highest BCUT2D eigenvalue weighted by molar-refractivity contribution is 7.85. The van der Waals surface area contributed by atoms with Gasteiger partial charge in [-0.3, -0.25) is 0 Å². The van der Waals surface area contributed by atoms with Crippen molar-refractivity contribution in [2.75, 3.05) is 0 Å². The van der Waals surface area contributed by atoms with Gasteiger partial charge in [0.15, 0.2) is 0 Å². The van der Waals surface area contributed by atoms with E-state index in [2.05, 4.69) is 9.13 Å². The average molecular weight is 293 g/mol. The molecule has 0 saturated carbocycles. The van der Waals surface area contributed by atoms with Crippen molar-refractivity contribution in [3.8, 4) is 5.75 Å². The van der Waals surface area contributed by atoms with E-state index in [9.17, 15) is 17.4 Å². The zero-order valence-corrected chi connectivity index (χ0v) is 11.5. The summed E-state index contributed by atoms with van der Waals surface area (Å²) < 4.78 is 56.4. The highest BCUT2D eigenvalue weighted by atomic mass is 32.2. The molecule has 0 bridgehead atoms. The van der Waals surface area contributed by atoms with Crippen LogP contribution in [0.15, 0.2) is 22.6 Å². The number of alkyl halides is 2. The summed E-state index contributed by atoms with van der Waals surface area (Å²) in [7, 11) is -1.55. The normalized spacial score (nSPS) is 14.1. The van der Waals surface area contributed by atoms with E-state index in [0.717, 1.165) is 24.4 Å². The van der Waals surface area contributed by atoms with Crippen LogP contribution in [0.5, 0.6) is 5.75 Å². The van der Waals surface area contributed by atoms with E-state index in [4.69, 9.17) is 0 Å². The predicted octanol–water partition coefficient (Wildman–Crippen LogP) is 3.31. The lowest BCUT2D eigenvalue weighted by Crippen LogP contribution is -2.19. The van der Waals surface area contributed by atoms with E-state index < -0.39 is 28.2 Å². The molecule has 0 amide bonds. The third-order valence-electron chi connectivity index (χ3n) is 2.00. The zero-order valence-electron chi connectivity index (χ0n) is 10.7. The predicted molar refractivity (Wildman–Crippen MR) is 68.5 cm³/mol. The molecule has 3 nitrogen and oxygen atoms in total. The van der Waals surface area contributed by atoms with Crippen molar-refractivity contribution in [1.82, 2.24) is 0 Å². The molecule has 0 fully saturated rings. The Morgan fingerprint density at radius 3 is 2.53 bits per heavy atom. The number of benzene rings is 1. The van der Waals surface area contributed by atoms with Gasteiger partial charge in [0, 0.05) is 11.8 Å². The van der Waals surface area contributed by atoms with E-state index in [1.807, 2.05) is 0 Å². The zero-order chi connectivity index (χ0) is 14.6. The van der Waals surface area contributed by atoms with Crippen molar-refractivity contribution >= 4 is 17.2 Å². The maximum Gasteiger partial charge on any atom is 0.387 e. The molecule has 1 rings (SSSR count). The average Bonchev–Trinajstić information content (AvgIpc) is 2.27. The molecule has 1 aromatic carbocycles. The van der Waals surface area contributed by atoms with Crippen LogP contribution in [0.1, 0.15) is 26.3 Å². The van der Waals surface area contributed by atoms with Gasteiger partial charge >= 0.3 is 6.61 Å². The molecule has 0 spiro atoms. The number of hydrogen-bond donors (Lipinski definition) is 0. The molecule has 0 saturated heterocycles. The van der Waals surface area contributed by atoms with Gasteiger partial charge in [0.05, 0.1) is 4.75 Å². The van der Waals surface area contributed by atoms with Crippen molar-refractivity contribution < 1.29 is 22.1 Å². The minimum Gasteiger partial charge on any atom is -0.435 e. The number of hydrogen-bond acceptors (Lipinski definition) is 2. The van der Waals surface area contributed by atoms with Crippen LogP contribution in [0, 0.1) is 5.82 Å². The van der Waals surface area contributed by atoms with Crippen molar-refractivity contribution in [2.45, 2.75) is 32.1 Å². The minimum absolute atomic E-state index is 0.0595. The van der Waals surface area contributed by atoms with Gasteiger partial charge in [-0.25, -0.2) is 8.60 Å². The van der Waals surface area contributed by atoms with Crippen molar-refractivity contribution in [1.29, 1.82) is 0 Å². The summed E-state index contributed by atoms with van der Waals surface area (Å²) >= 11 is 0. The largest absolute Gasteiger partial charge is 0.435 e. The van der Waals surface area contributed by atoms with Gasteiger partial charge in [-0.1, -0.05) is 0 Å². The van der Waals surface area contributed by atoms with Gasteiger partial charge in [-0.05, 0) is 39.0 Å². The third kappa shape index (κ3) is 5.02. The van der Waals surface area contributed by atoms with Crippen LogP contribution >= 0.6 is 0 Å². The first-order valence-electron chi connectivity index (χ1n) is 5.40. The molecule has 0 aromatic heterocycles. The van der Waals surface area contributed by atoms with Gasteiger partial charge < -0.3 is 4.74 Å². The monoisotopic (exact) mass is 293 g/mol. The van der Waals surface area contributed by atoms with Gasteiger partial charge in [0.2, 0.25) is 0 Å². The first kappa shape index (κ1) is 15.7. The number of halogens is 3. The van der Waals surface area contributed by atoms with Gasteiger partial charge in [-0.15, -0.1) is 0 Å². The van der Waals surface area contributed by atoms with E-state index in [0.29, 0.717) is 0 Å². The van der Waals surface area contributed by atoms with E-state index >= 15 is 0 Å². The van der Waals surface area contributed by atoms with Crippen LogP contribution in [-0.4, -0.2) is 21.8 Å². The second-order valence-electron chi connectivity index (χ2n) is 4.66. The van der Waals surface area contributed by atoms with Gasteiger partial charge in [-0.2, -0.15) is 13.2 Å². The Bertz CT molecular complexity index is 498. The second-order valence-corrected chi connectivity index (χ2v) is 6.59. The van der Waals surface area contributed by atoms with E-state index in [-0.39, 0.29) is 11.3 Å². The molecule has 0 aliphatic rings. The molecule has 1 atom stereocenters. The number of ether oxygens (including phenoxy) is 1. The van der Waals surface area contributed by atoms with Crippen LogP contribution in [0.4, 0.5) is 13.2 Å². The van der Waals surface area contributed by atoms with Crippen LogP contribution in [0.25, 0.3) is 0 Å². The molecular formula is C12H14F3NO2S. The van der Waals surface area contributed by atoms with Gasteiger partial charge in [0.25, 0.3) is 0 Å². The quantitative estimate of drug-likeness (QED) is 0.799. The molecule has 0 aliphatic heterocycles. The molecule has 0 aliphatic carbocycles. The SMILES string of the molecule is CC(C)(C)S(=O)N=Cc1cc(OC(F)F)ccc1F. The smallest absolute Gasteiger partial charge is 0.387 e. The summed E-state index contributed by atoms with van der Waals surface area (Å²) in [5.41, 5.74) is -0.0595. The van der Waals surface area contributed by atoms with Gasteiger partial charge in [0.1, 0.15) is 22.6 Å². The first-order valence-corrected chi connectivity index (χ1v) is 6.51. The summed E-state index contributed by atoms with van der Waals surface area (Å²) in [6, 6.07) is 3.14. The first-order chi connectivity index (χ1) is 8.70. The Morgan fingerprint density at radius 1 is 1.37 bits per heavy atom. The van der Waals surface area contributed by atoms with Crippen LogP contribution in [0.3, 0.4) is 0 Å². The summed E-state index contributed by atoms with van der Waals surface area (Å²) in [5, 5.41) is 0. The fourth-order valence-corrected chi connectivity index (χ4v) is 1.59. The number of nitrogens with zero attached hydrogens (tertiary/aromatic N) is 1. The standard InChI is InChI=1S/C12H14F3NO2S/c1-12(2,3)19(17)16-7-8-6-9(18-11(14)15)4-5-10(8)13/h4-7,11H,1-3H3. The van der Waals surface area contributed by atoms with Crippen LogP contribution < -0.4 is 4.74 Å². The lowest BCUT2D eigenvalue weighted by molar-refractivity contribution is -0.0498. The molecule has 106 valence electrons. The summed E-state index contributed by atoms with van der Waals surface area (Å²) in [5.74, 6) is -0.837. The minimum atomic E-state index is -2.99. The van der Waals surface area contributed by atoms with E-state index in [1.165, 1.54) is 0 Å². The molecule has 1 unspecified atom stereocenters. The highest BCUT2D eigenvalue weighted by Gasteiger charge is 2.18. The lowest BCUT2D eigenvalue weighted by atomic mass is 10.2. The molecule has 0 N–H and O–H groups in total. The van der Waals surface area contributed by atoms with Crippen LogP contribution in [0.2, 0.25) is 0 Å². The maximum absolute atomic E-state index is 13.4. The summed E-state index contributed by atoms with van der Waals surface area (Å²) in [6.45, 7) is 2.16. The topological polar surface area (TPSA) is 38.7 Å². The fraction of sp³-hybridized carbons (Fsp3) is 0.417. The second kappa shape index (κ2) is 6.18. The molecule has 7 heteroatoms. The molecule has 19 heavy (non-hydrogen) atoms. The van der Waals surface area contributed by atoms with Crippen molar-refractivity contribution in [3.05, 3.63) is 29.6 Å². The summed E-state index contributed by atoms with van der Waals surface area (Å²) in [4.78, 5) is 0. The van der Waals surface area contributed by atoms with E-state index in [1.54, 1.807) is 20.8 Å². The Labute approximate surface area is 112 Å². The Hall–Kier alpha value is -1.37.